The van der Waals surface area contributed by atoms with E-state index in [-0.39, 0.29) is 30.2 Å². The second-order valence-electron chi connectivity index (χ2n) is 15.4. The van der Waals surface area contributed by atoms with Gasteiger partial charge in [-0.15, -0.1) is 63.0 Å². The first kappa shape index (κ1) is 43.0. The van der Waals surface area contributed by atoms with Crippen molar-refractivity contribution in [3.63, 3.8) is 0 Å². The summed E-state index contributed by atoms with van der Waals surface area (Å²) in [5, 5.41) is 13.1. The van der Waals surface area contributed by atoms with Crippen LogP contribution in [0.4, 0.5) is 0 Å². The second-order valence-corrected chi connectivity index (χ2v) is 24.8. The molecule has 0 amide bonds. The van der Waals surface area contributed by atoms with E-state index in [1.165, 1.54) is 98.4 Å². The van der Waals surface area contributed by atoms with Crippen molar-refractivity contribution in [2.75, 3.05) is 0 Å². The van der Waals surface area contributed by atoms with Crippen molar-refractivity contribution >= 4 is 59.3 Å². The molecule has 10 aromatic rings. The van der Waals surface area contributed by atoms with Crippen molar-refractivity contribution in [3.8, 4) is 33.4 Å². The fourth-order valence-electron chi connectivity index (χ4n) is 8.07. The molecule has 0 saturated carbocycles. The fraction of sp³-hybridized carbons (Fsp3) is 0.111. The number of benzene rings is 8. The number of rotatable bonds is 4. The van der Waals surface area contributed by atoms with E-state index in [0.29, 0.717) is 5.92 Å². The predicted molar refractivity (Wildman–Crippen MR) is 244 cm³/mol. The third kappa shape index (κ3) is 9.02. The van der Waals surface area contributed by atoms with Gasteiger partial charge in [0.05, 0.1) is 0 Å². The van der Waals surface area contributed by atoms with Gasteiger partial charge in [0.15, 0.2) is 0 Å². The standard InChI is InChI=1S/C30H21.C22H19.C2H6Si.2ClH.Zr/c1-20-16-23-18-24(27-14-6-10-21-8-2-4-12-25(21)27)19-30(29(23)17-20)28-15-7-11-22-9-3-5-13-26(22)28;1-15(2)18-13-17-9-6-12-21(22(17)14-18)20-11-5-8-16-7-3-4-10-19(16)20;1-3-2;;;/h2-19H,1H3;3-15H,1-2H3;1-2H3;2*1H;/q2*-1;;;;+2/p-2. The quantitative estimate of drug-likeness (QED) is 0.122. The first-order valence-corrected chi connectivity index (χ1v) is 25.8. The van der Waals surface area contributed by atoms with Crippen LogP contribution in [0.25, 0.3) is 87.2 Å². The summed E-state index contributed by atoms with van der Waals surface area (Å²) in [5.41, 5.74) is 10.8. The zero-order valence-corrected chi connectivity index (χ0v) is 38.6. The van der Waals surface area contributed by atoms with E-state index in [4.69, 9.17) is 0 Å². The molecule has 0 nitrogen and oxygen atoms in total. The summed E-state index contributed by atoms with van der Waals surface area (Å²) in [7, 11) is 0. The maximum absolute atomic E-state index is 2.38. The van der Waals surface area contributed by atoms with E-state index < -0.39 is 0 Å². The summed E-state index contributed by atoms with van der Waals surface area (Å²) in [6.45, 7) is 11.3. The Bertz CT molecular complexity index is 3000. The van der Waals surface area contributed by atoms with Crippen LogP contribution in [0.2, 0.25) is 13.1 Å². The number of halogens is 2. The second kappa shape index (κ2) is 19.0. The van der Waals surface area contributed by atoms with Crippen LogP contribution in [-0.4, -0.2) is 5.43 Å². The van der Waals surface area contributed by atoms with Crippen LogP contribution in [0.1, 0.15) is 30.9 Å². The van der Waals surface area contributed by atoms with Crippen LogP contribution in [0.15, 0.2) is 182 Å². The molecule has 0 fully saturated rings. The van der Waals surface area contributed by atoms with Gasteiger partial charge in [-0.25, -0.2) is 0 Å². The zero-order chi connectivity index (χ0) is 38.8. The molecule has 0 spiro atoms. The molecule has 0 aliphatic rings. The van der Waals surface area contributed by atoms with Crippen molar-refractivity contribution < 1.29 is 48.1 Å². The third-order valence-corrected chi connectivity index (χ3v) is 10.7. The number of aryl methyl sites for hydroxylation is 1. The van der Waals surface area contributed by atoms with E-state index in [1.54, 1.807) is 23.3 Å². The molecule has 10 rings (SSSR count). The number of hydrogen-bond donors (Lipinski definition) is 0. The average molecular weight is 885 g/mol. The van der Waals surface area contributed by atoms with E-state index >= 15 is 0 Å². The van der Waals surface area contributed by atoms with Crippen molar-refractivity contribution in [2.24, 2.45) is 0 Å². The van der Waals surface area contributed by atoms with Crippen molar-refractivity contribution in [1.82, 2.24) is 0 Å². The van der Waals surface area contributed by atoms with E-state index in [9.17, 15) is 0 Å². The first-order valence-electron chi connectivity index (χ1n) is 19.6. The summed E-state index contributed by atoms with van der Waals surface area (Å²) in [4.78, 5) is 0. The molecule has 0 saturated heterocycles. The zero-order valence-electron chi connectivity index (χ0n) is 33.7. The van der Waals surface area contributed by atoms with Gasteiger partial charge in [-0.2, -0.15) is 12.1 Å². The van der Waals surface area contributed by atoms with Gasteiger partial charge < -0.3 is 24.8 Å². The van der Waals surface area contributed by atoms with Gasteiger partial charge in [0.1, 0.15) is 0 Å². The third-order valence-electron chi connectivity index (χ3n) is 10.7. The Balaban J connectivity index is 0.000000180. The van der Waals surface area contributed by atoms with Gasteiger partial charge in [0.25, 0.3) is 0 Å². The van der Waals surface area contributed by atoms with E-state index in [1.807, 2.05) is 0 Å². The molecule has 0 atom stereocenters. The van der Waals surface area contributed by atoms with Gasteiger partial charge in [0, 0.05) is 0 Å². The van der Waals surface area contributed by atoms with Crippen LogP contribution < -0.4 is 24.8 Å². The van der Waals surface area contributed by atoms with Crippen molar-refractivity contribution in [1.29, 1.82) is 0 Å². The molecule has 0 aliphatic heterocycles. The van der Waals surface area contributed by atoms with Crippen molar-refractivity contribution in [2.45, 2.75) is 39.8 Å². The molecule has 0 unspecified atom stereocenters. The average Bonchev–Trinajstić information content (AvgIpc) is 3.83. The topological polar surface area (TPSA) is 0 Å². The molecule has 0 heterocycles. The van der Waals surface area contributed by atoms with Crippen LogP contribution in [0, 0.1) is 6.92 Å². The summed E-state index contributed by atoms with van der Waals surface area (Å²) >= 11 is 1.74. The molecule has 10 aromatic carbocycles. The van der Waals surface area contributed by atoms with Gasteiger partial charge in [-0.05, 0) is 54.9 Å². The van der Waals surface area contributed by atoms with E-state index in [0.717, 1.165) is 0 Å². The largest absolute Gasteiger partial charge is 1.00 e. The molecular formula is C54H46Cl2SiZr-2. The van der Waals surface area contributed by atoms with Crippen molar-refractivity contribution in [3.05, 3.63) is 193 Å². The fourth-order valence-corrected chi connectivity index (χ4v) is 8.07. The smallest absolute Gasteiger partial charge is 0.0114 e. The molecule has 0 N–H and O–H groups in total. The predicted octanol–water partition coefficient (Wildman–Crippen LogP) is 9.80. The molecule has 0 radical (unpaired) electrons. The Morgan fingerprint density at radius 3 is 1.38 bits per heavy atom. The minimum atomic E-state index is 0. The molecular weight excluding hydrogens is 839 g/mol. The Hall–Kier alpha value is -4.56. The van der Waals surface area contributed by atoms with Gasteiger partial charge in [0.2, 0.25) is 0 Å². The molecule has 0 aromatic heterocycles. The van der Waals surface area contributed by atoms with Gasteiger partial charge in [-0.3, -0.25) is 0 Å². The number of fused-ring (bicyclic) bond motifs is 5. The Morgan fingerprint density at radius 2 is 0.845 bits per heavy atom. The maximum Gasteiger partial charge on any atom is -0.0114 e. The molecule has 58 heavy (non-hydrogen) atoms. The SMILES string of the molecule is CC(C)c1cc2c(-c3cccc4ccccc34)cccc2[cH-]1.C[Si](C)=[Zr+2].Cc1cc2c(-c3cccc4ccccc34)cc(-c3cccc4ccccc34)cc2[cH-]1.[Cl-].[Cl-]. The first-order chi connectivity index (χ1) is 27.2. The van der Waals surface area contributed by atoms with Gasteiger partial charge in [-0.1, -0.05) is 177 Å². The monoisotopic (exact) mass is 882 g/mol. The minimum Gasteiger partial charge on any atom is -1.00 e. The Labute approximate surface area is 370 Å². The molecule has 286 valence electrons. The van der Waals surface area contributed by atoms with E-state index in [2.05, 4.69) is 216 Å². The Kier molecular flexibility index (Phi) is 14.1. The van der Waals surface area contributed by atoms with Crippen LogP contribution in [0.3, 0.4) is 0 Å². The van der Waals surface area contributed by atoms with Crippen LogP contribution >= 0.6 is 0 Å². The molecule has 4 heteroatoms. The van der Waals surface area contributed by atoms with Crippen LogP contribution in [-0.2, 0) is 23.3 Å². The summed E-state index contributed by atoms with van der Waals surface area (Å²) in [5.74, 6) is 0.563. The summed E-state index contributed by atoms with van der Waals surface area (Å²) < 4.78 is 0. The minimum absolute atomic E-state index is 0. The summed E-state index contributed by atoms with van der Waals surface area (Å²) in [6, 6.07) is 66.4. The number of hydrogen-bond acceptors (Lipinski definition) is 0. The molecule has 0 aliphatic carbocycles. The maximum atomic E-state index is 2.38. The normalized spacial score (nSPS) is 10.8. The Morgan fingerprint density at radius 1 is 0.431 bits per heavy atom. The van der Waals surface area contributed by atoms with Gasteiger partial charge >= 0.3 is 41.9 Å². The van der Waals surface area contributed by atoms with Crippen LogP contribution in [0.5, 0.6) is 0 Å². The molecule has 0 bridgehead atoms. The summed E-state index contributed by atoms with van der Waals surface area (Å²) in [6.07, 6.45) is 0.